The zero-order chi connectivity index (χ0) is 16.4. The van der Waals surface area contributed by atoms with Gasteiger partial charge in [0.1, 0.15) is 0 Å². The van der Waals surface area contributed by atoms with Crippen LogP contribution in [0.15, 0.2) is 40.8 Å². The van der Waals surface area contributed by atoms with Crippen LogP contribution in [-0.4, -0.2) is 39.1 Å². The molecule has 0 fully saturated rings. The van der Waals surface area contributed by atoms with Crippen molar-refractivity contribution in [2.45, 2.75) is 32.4 Å². The van der Waals surface area contributed by atoms with E-state index in [2.05, 4.69) is 80.7 Å². The predicted octanol–water partition coefficient (Wildman–Crippen LogP) is 4.58. The first-order chi connectivity index (χ1) is 11.1. The van der Waals surface area contributed by atoms with Gasteiger partial charge in [-0.1, -0.05) is 19.9 Å². The van der Waals surface area contributed by atoms with Gasteiger partial charge in [0.25, 0.3) is 0 Å². The minimum absolute atomic E-state index is 0.248. The number of likely N-dealkylation sites (N-methyl/N-ethyl adjacent to an activating group) is 1. The highest BCUT2D eigenvalue weighted by molar-refractivity contribution is 9.11. The highest BCUT2D eigenvalue weighted by atomic mass is 79.9. The summed E-state index contributed by atoms with van der Waals surface area (Å²) < 4.78 is 4.37. The summed E-state index contributed by atoms with van der Waals surface area (Å²) in [5.41, 5.74) is 2.35. The third-order valence-electron chi connectivity index (χ3n) is 4.42. The van der Waals surface area contributed by atoms with Crippen LogP contribution in [0.5, 0.6) is 0 Å². The number of nitrogens with zero attached hydrogens (tertiary/aromatic N) is 4. The van der Waals surface area contributed by atoms with Crippen LogP contribution >= 0.6 is 27.3 Å². The Bertz CT molecular complexity index is 768. The van der Waals surface area contributed by atoms with Crippen LogP contribution in [0.2, 0.25) is 0 Å². The lowest BCUT2D eigenvalue weighted by Gasteiger charge is -2.34. The molecule has 2 unspecified atom stereocenters. The van der Waals surface area contributed by atoms with Crippen molar-refractivity contribution in [3.8, 4) is 0 Å². The number of halogens is 1. The summed E-state index contributed by atoms with van der Waals surface area (Å²) in [5.74, 6) is 0. The molecule has 0 aliphatic heterocycles. The zero-order valence-electron chi connectivity index (χ0n) is 13.6. The summed E-state index contributed by atoms with van der Waals surface area (Å²) >= 11 is 5.17. The summed E-state index contributed by atoms with van der Waals surface area (Å²) in [6, 6.07) is 7.26. The van der Waals surface area contributed by atoms with E-state index in [1.165, 1.54) is 10.3 Å². The Kier molecular flexibility index (Phi) is 5.14. The number of hydrogen-bond acceptors (Lipinski definition) is 4. The molecule has 0 N–H and O–H groups in total. The van der Waals surface area contributed by atoms with Crippen molar-refractivity contribution in [1.29, 1.82) is 0 Å². The molecular weight excluding hydrogens is 372 g/mol. The molecule has 23 heavy (non-hydrogen) atoms. The van der Waals surface area contributed by atoms with Crippen LogP contribution in [0.4, 0.5) is 0 Å². The standard InChI is InChI=1S/C17H21BrN4S/c1-4-14(21(3)5-2)16(22-9-8-19-11-22)12-6-7-13-15(10-12)23-17(18)20-13/h6-11,14,16H,4-5H2,1-3H3. The molecule has 2 atom stereocenters. The monoisotopic (exact) mass is 392 g/mol. The zero-order valence-corrected chi connectivity index (χ0v) is 16.0. The van der Waals surface area contributed by atoms with Crippen molar-refractivity contribution in [3.63, 3.8) is 0 Å². The molecule has 2 heterocycles. The van der Waals surface area contributed by atoms with Gasteiger partial charge in [-0.2, -0.15) is 0 Å². The number of thiazole rings is 1. The van der Waals surface area contributed by atoms with Gasteiger partial charge in [0, 0.05) is 18.4 Å². The summed E-state index contributed by atoms with van der Waals surface area (Å²) in [7, 11) is 2.19. The summed E-state index contributed by atoms with van der Waals surface area (Å²) in [4.78, 5) is 11.2. The van der Waals surface area contributed by atoms with E-state index in [1.807, 2.05) is 12.5 Å². The van der Waals surface area contributed by atoms with Gasteiger partial charge in [0.2, 0.25) is 0 Å². The van der Waals surface area contributed by atoms with Gasteiger partial charge in [0.05, 0.1) is 22.6 Å². The Morgan fingerprint density at radius 1 is 1.35 bits per heavy atom. The Morgan fingerprint density at radius 2 is 2.17 bits per heavy atom. The predicted molar refractivity (Wildman–Crippen MR) is 100 cm³/mol. The number of fused-ring (bicyclic) bond motifs is 1. The molecule has 0 spiro atoms. The molecule has 0 saturated heterocycles. The average Bonchev–Trinajstić information content (AvgIpc) is 3.19. The Labute approximate surface area is 149 Å². The van der Waals surface area contributed by atoms with Crippen LogP contribution in [0.25, 0.3) is 10.2 Å². The number of aromatic nitrogens is 3. The first-order valence-corrected chi connectivity index (χ1v) is 9.48. The summed E-state index contributed by atoms with van der Waals surface area (Å²) in [6.07, 6.45) is 6.91. The molecule has 0 bridgehead atoms. The number of hydrogen-bond donors (Lipinski definition) is 0. The van der Waals surface area contributed by atoms with Crippen molar-refractivity contribution in [2.24, 2.45) is 0 Å². The van der Waals surface area contributed by atoms with E-state index in [0.717, 1.165) is 22.4 Å². The van der Waals surface area contributed by atoms with E-state index >= 15 is 0 Å². The second kappa shape index (κ2) is 7.11. The number of imidazole rings is 1. The lowest BCUT2D eigenvalue weighted by atomic mass is 9.95. The Morgan fingerprint density at radius 3 is 2.83 bits per heavy atom. The molecular formula is C17H21BrN4S. The van der Waals surface area contributed by atoms with Crippen molar-refractivity contribution >= 4 is 37.5 Å². The van der Waals surface area contributed by atoms with Gasteiger partial charge in [-0.25, -0.2) is 9.97 Å². The molecule has 0 saturated carbocycles. The quantitative estimate of drug-likeness (QED) is 0.615. The van der Waals surface area contributed by atoms with Crippen molar-refractivity contribution < 1.29 is 0 Å². The fourth-order valence-corrected chi connectivity index (χ4v) is 4.59. The highest BCUT2D eigenvalue weighted by Gasteiger charge is 2.26. The molecule has 3 rings (SSSR count). The fourth-order valence-electron chi connectivity index (χ4n) is 3.13. The molecule has 3 aromatic rings. The van der Waals surface area contributed by atoms with Gasteiger partial charge in [-0.3, -0.25) is 0 Å². The van der Waals surface area contributed by atoms with Crippen LogP contribution in [0, 0.1) is 0 Å². The maximum absolute atomic E-state index is 4.50. The molecule has 4 nitrogen and oxygen atoms in total. The van der Waals surface area contributed by atoms with Gasteiger partial charge in [-0.05, 0) is 53.6 Å². The molecule has 0 aliphatic carbocycles. The minimum atomic E-state index is 0.248. The third kappa shape index (κ3) is 3.34. The number of benzene rings is 1. The van der Waals surface area contributed by atoms with Gasteiger partial charge in [0.15, 0.2) is 3.92 Å². The topological polar surface area (TPSA) is 34.0 Å². The molecule has 1 aromatic carbocycles. The van der Waals surface area contributed by atoms with Crippen LogP contribution in [0.1, 0.15) is 31.9 Å². The van der Waals surface area contributed by atoms with Crippen LogP contribution < -0.4 is 0 Å². The largest absolute Gasteiger partial charge is 0.328 e. The number of rotatable bonds is 6. The molecule has 122 valence electrons. The maximum atomic E-state index is 4.50. The lowest BCUT2D eigenvalue weighted by Crippen LogP contribution is -2.39. The highest BCUT2D eigenvalue weighted by Crippen LogP contribution is 2.32. The fraction of sp³-hybridized carbons (Fsp3) is 0.412. The van der Waals surface area contributed by atoms with E-state index in [0.29, 0.717) is 6.04 Å². The first-order valence-electron chi connectivity index (χ1n) is 7.87. The van der Waals surface area contributed by atoms with Gasteiger partial charge >= 0.3 is 0 Å². The van der Waals surface area contributed by atoms with Crippen LogP contribution in [0.3, 0.4) is 0 Å². The molecule has 0 radical (unpaired) electrons. The second-order valence-electron chi connectivity index (χ2n) is 5.70. The molecule has 2 aromatic heterocycles. The third-order valence-corrected chi connectivity index (χ3v) is 5.89. The van der Waals surface area contributed by atoms with E-state index < -0.39 is 0 Å². The summed E-state index contributed by atoms with van der Waals surface area (Å²) in [6.45, 7) is 5.48. The molecule has 0 aliphatic rings. The maximum Gasteiger partial charge on any atom is 0.160 e. The Hall–Kier alpha value is -1.24. The van der Waals surface area contributed by atoms with E-state index in [1.54, 1.807) is 11.3 Å². The van der Waals surface area contributed by atoms with Gasteiger partial charge in [-0.15, -0.1) is 11.3 Å². The van der Waals surface area contributed by atoms with E-state index in [9.17, 15) is 0 Å². The molecule has 6 heteroatoms. The lowest BCUT2D eigenvalue weighted by molar-refractivity contribution is 0.198. The summed E-state index contributed by atoms with van der Waals surface area (Å²) in [5, 5.41) is 0. The average molecular weight is 393 g/mol. The SMILES string of the molecule is CCC(C(c1ccc2nc(Br)sc2c1)n1ccnc1)N(C)CC. The smallest absolute Gasteiger partial charge is 0.160 e. The minimum Gasteiger partial charge on any atom is -0.328 e. The van der Waals surface area contributed by atoms with Crippen molar-refractivity contribution in [1.82, 2.24) is 19.4 Å². The molecule has 0 amide bonds. The van der Waals surface area contributed by atoms with E-state index in [4.69, 9.17) is 0 Å². The normalized spacial score (nSPS) is 14.5. The first kappa shape index (κ1) is 16.6. The Balaban J connectivity index is 2.09. The second-order valence-corrected chi connectivity index (χ2v) is 8.00. The van der Waals surface area contributed by atoms with E-state index in [-0.39, 0.29) is 6.04 Å². The van der Waals surface area contributed by atoms with Crippen molar-refractivity contribution in [3.05, 3.63) is 46.4 Å². The van der Waals surface area contributed by atoms with Gasteiger partial charge < -0.3 is 9.47 Å². The van der Waals surface area contributed by atoms with Crippen molar-refractivity contribution in [2.75, 3.05) is 13.6 Å². The van der Waals surface area contributed by atoms with Crippen LogP contribution in [-0.2, 0) is 0 Å².